The quantitative estimate of drug-likeness (QED) is 0.360. The molecular weight excluding hydrogens is 183 g/mol. The Kier molecular flexibility index (Phi) is 2.78. The van der Waals surface area contributed by atoms with Crippen LogP contribution in [0, 0.1) is 11.8 Å². The van der Waals surface area contributed by atoms with Crippen LogP contribution in [0.15, 0.2) is 4.99 Å². The Morgan fingerprint density at radius 2 is 2.08 bits per heavy atom. The lowest BCUT2D eigenvalue weighted by Crippen LogP contribution is -2.25. The van der Waals surface area contributed by atoms with Gasteiger partial charge in [0.25, 0.3) is 0 Å². The third-order valence-corrected chi connectivity index (χ3v) is 3.71. The van der Waals surface area contributed by atoms with Gasteiger partial charge in [0.1, 0.15) is 0 Å². The van der Waals surface area contributed by atoms with Crippen molar-refractivity contribution in [3.8, 4) is 0 Å². The highest BCUT2D eigenvalue weighted by atomic mass is 31.0. The molecule has 1 aliphatic heterocycles. The fourth-order valence-electron chi connectivity index (χ4n) is 2.63. The number of aliphatic imine (C=N–C) groups is 1. The van der Waals surface area contributed by atoms with Gasteiger partial charge in [-0.25, -0.2) is 9.79 Å². The lowest BCUT2D eigenvalue weighted by molar-refractivity contribution is 0.272. The van der Waals surface area contributed by atoms with E-state index in [9.17, 15) is 4.79 Å². The normalized spacial score (nSPS) is 39.6. The maximum atomic E-state index is 10.1. The minimum Gasteiger partial charge on any atom is -0.287 e. The summed E-state index contributed by atoms with van der Waals surface area (Å²) < 4.78 is 2.31. The number of rotatable bonds is 1. The van der Waals surface area contributed by atoms with E-state index in [1.54, 1.807) is 6.08 Å². The lowest BCUT2D eigenvalue weighted by atomic mass is 9.79. The molecule has 1 aliphatic carbocycles. The Labute approximate surface area is 80.8 Å². The SMILES string of the molecule is O=C=NC1CCC2CN(P)CC2C1. The maximum Gasteiger partial charge on any atom is 0.235 e. The van der Waals surface area contributed by atoms with E-state index in [0.29, 0.717) is 0 Å². The van der Waals surface area contributed by atoms with Crippen molar-refractivity contribution in [2.75, 3.05) is 13.1 Å². The fourth-order valence-corrected chi connectivity index (χ4v) is 3.18. The predicted molar refractivity (Wildman–Crippen MR) is 54.0 cm³/mol. The van der Waals surface area contributed by atoms with Gasteiger partial charge in [-0.1, -0.05) is 9.39 Å². The topological polar surface area (TPSA) is 32.7 Å². The Morgan fingerprint density at radius 1 is 1.31 bits per heavy atom. The lowest BCUT2D eigenvalue weighted by Gasteiger charge is -2.27. The summed E-state index contributed by atoms with van der Waals surface area (Å²) in [4.78, 5) is 14.0. The van der Waals surface area contributed by atoms with Crippen LogP contribution in [-0.4, -0.2) is 29.9 Å². The number of fused-ring (bicyclic) bond motifs is 1. The first-order chi connectivity index (χ1) is 6.29. The minimum atomic E-state index is 0.259. The molecule has 0 aromatic carbocycles. The molecule has 1 heterocycles. The van der Waals surface area contributed by atoms with Gasteiger partial charge < -0.3 is 0 Å². The molecule has 0 aromatic heterocycles. The molecular formula is C9H15N2OP. The minimum absolute atomic E-state index is 0.259. The number of hydrogen-bond acceptors (Lipinski definition) is 3. The smallest absolute Gasteiger partial charge is 0.235 e. The summed E-state index contributed by atoms with van der Waals surface area (Å²) in [5.41, 5.74) is 0. The van der Waals surface area contributed by atoms with Crippen LogP contribution < -0.4 is 0 Å². The van der Waals surface area contributed by atoms with Crippen molar-refractivity contribution in [1.82, 2.24) is 4.67 Å². The molecule has 4 heteroatoms. The molecule has 72 valence electrons. The van der Waals surface area contributed by atoms with Crippen LogP contribution in [0.5, 0.6) is 0 Å². The molecule has 2 aliphatic rings. The molecule has 0 spiro atoms. The zero-order valence-electron chi connectivity index (χ0n) is 7.65. The molecule has 0 N–H and O–H groups in total. The number of carbonyl (C=O) groups excluding carboxylic acids is 1. The van der Waals surface area contributed by atoms with Crippen LogP contribution in [0.2, 0.25) is 0 Å². The molecule has 0 amide bonds. The Balaban J connectivity index is 1.97. The van der Waals surface area contributed by atoms with Crippen LogP contribution in [-0.2, 0) is 4.79 Å². The van der Waals surface area contributed by atoms with Crippen molar-refractivity contribution >= 4 is 15.5 Å². The van der Waals surface area contributed by atoms with Crippen molar-refractivity contribution in [1.29, 1.82) is 0 Å². The van der Waals surface area contributed by atoms with E-state index in [1.165, 1.54) is 13.0 Å². The molecule has 3 nitrogen and oxygen atoms in total. The van der Waals surface area contributed by atoms with Crippen molar-refractivity contribution in [2.24, 2.45) is 16.8 Å². The summed E-state index contributed by atoms with van der Waals surface area (Å²) in [5, 5.41) is 0. The van der Waals surface area contributed by atoms with Crippen LogP contribution in [0.3, 0.4) is 0 Å². The van der Waals surface area contributed by atoms with Crippen LogP contribution in [0.25, 0.3) is 0 Å². The van der Waals surface area contributed by atoms with Gasteiger partial charge >= 0.3 is 0 Å². The largest absolute Gasteiger partial charge is 0.287 e. The van der Waals surface area contributed by atoms with E-state index in [1.807, 2.05) is 0 Å². The summed E-state index contributed by atoms with van der Waals surface area (Å²) in [6.07, 6.45) is 5.08. The van der Waals surface area contributed by atoms with Crippen LogP contribution in [0.1, 0.15) is 19.3 Å². The molecule has 1 saturated carbocycles. The molecule has 0 aromatic rings. The van der Waals surface area contributed by atoms with Gasteiger partial charge in [0.2, 0.25) is 6.08 Å². The summed E-state index contributed by atoms with van der Waals surface area (Å²) >= 11 is 0. The van der Waals surface area contributed by atoms with Crippen molar-refractivity contribution < 1.29 is 4.79 Å². The van der Waals surface area contributed by atoms with E-state index in [0.717, 1.165) is 31.2 Å². The average Bonchev–Trinajstić information content (AvgIpc) is 2.44. The van der Waals surface area contributed by atoms with Gasteiger partial charge in [-0.3, -0.25) is 4.67 Å². The average molecular weight is 198 g/mol. The van der Waals surface area contributed by atoms with Gasteiger partial charge in [-0.15, -0.1) is 0 Å². The third-order valence-electron chi connectivity index (χ3n) is 3.29. The van der Waals surface area contributed by atoms with Crippen molar-refractivity contribution in [2.45, 2.75) is 25.3 Å². The van der Waals surface area contributed by atoms with Gasteiger partial charge in [-0.2, -0.15) is 0 Å². The first-order valence-corrected chi connectivity index (χ1v) is 5.38. The van der Waals surface area contributed by atoms with E-state index in [2.05, 4.69) is 19.1 Å². The number of hydrogen-bond donors (Lipinski definition) is 0. The van der Waals surface area contributed by atoms with E-state index in [4.69, 9.17) is 0 Å². The Hall–Kier alpha value is -0.230. The molecule has 13 heavy (non-hydrogen) atoms. The van der Waals surface area contributed by atoms with Crippen LogP contribution >= 0.6 is 9.39 Å². The molecule has 2 fully saturated rings. The highest BCUT2D eigenvalue weighted by molar-refractivity contribution is 7.13. The van der Waals surface area contributed by atoms with Gasteiger partial charge in [0.05, 0.1) is 6.04 Å². The highest BCUT2D eigenvalue weighted by Crippen LogP contribution is 2.38. The predicted octanol–water partition coefficient (Wildman–Crippen LogP) is 1.21. The molecule has 0 radical (unpaired) electrons. The molecule has 2 rings (SSSR count). The summed E-state index contributed by atoms with van der Waals surface area (Å²) in [6.45, 7) is 2.35. The number of isocyanates is 1. The second-order valence-corrected chi connectivity index (χ2v) is 4.89. The van der Waals surface area contributed by atoms with Gasteiger partial charge in [0.15, 0.2) is 0 Å². The zero-order chi connectivity index (χ0) is 9.26. The highest BCUT2D eigenvalue weighted by Gasteiger charge is 2.36. The van der Waals surface area contributed by atoms with Crippen LogP contribution in [0.4, 0.5) is 0 Å². The number of nitrogens with zero attached hydrogens (tertiary/aromatic N) is 2. The monoisotopic (exact) mass is 198 g/mol. The zero-order valence-corrected chi connectivity index (χ0v) is 8.80. The summed E-state index contributed by atoms with van der Waals surface area (Å²) in [6, 6.07) is 0.259. The second-order valence-electron chi connectivity index (χ2n) is 4.16. The molecule has 1 saturated heterocycles. The van der Waals surface area contributed by atoms with Crippen molar-refractivity contribution in [3.63, 3.8) is 0 Å². The molecule has 4 atom stereocenters. The van der Waals surface area contributed by atoms with E-state index in [-0.39, 0.29) is 6.04 Å². The standard InChI is InChI=1S/C9H15N2OP/c12-6-10-9-2-1-7-4-11(13)5-8(7)3-9/h7-9H,1-5,13H2. The first kappa shape index (κ1) is 9.33. The maximum absolute atomic E-state index is 10.1. The molecule has 0 bridgehead atoms. The summed E-state index contributed by atoms with van der Waals surface area (Å²) in [7, 11) is 2.77. The van der Waals surface area contributed by atoms with Gasteiger partial charge in [-0.05, 0) is 31.1 Å². The van der Waals surface area contributed by atoms with E-state index < -0.39 is 0 Å². The summed E-state index contributed by atoms with van der Waals surface area (Å²) in [5.74, 6) is 1.60. The van der Waals surface area contributed by atoms with Gasteiger partial charge in [0, 0.05) is 13.1 Å². The first-order valence-electron chi connectivity index (χ1n) is 4.86. The van der Waals surface area contributed by atoms with Crippen molar-refractivity contribution in [3.05, 3.63) is 0 Å². The Bertz CT molecular complexity index is 240. The third kappa shape index (κ3) is 1.99. The Morgan fingerprint density at radius 3 is 2.85 bits per heavy atom. The fraction of sp³-hybridized carbons (Fsp3) is 0.889. The molecule has 4 unspecified atom stereocenters. The van der Waals surface area contributed by atoms with E-state index >= 15 is 0 Å². The second kappa shape index (κ2) is 3.88.